The van der Waals surface area contributed by atoms with Crippen molar-refractivity contribution in [2.24, 2.45) is 0 Å². The molecule has 5 nitrogen and oxygen atoms in total. The molecule has 0 radical (unpaired) electrons. The van der Waals surface area contributed by atoms with Crippen molar-refractivity contribution in [1.82, 2.24) is 15.5 Å². The topological polar surface area (TPSA) is 61.4 Å². The molecule has 0 saturated carbocycles. The Morgan fingerprint density at radius 1 is 1.50 bits per heavy atom. The fraction of sp³-hybridized carbons (Fsp3) is 0.800. The van der Waals surface area contributed by atoms with E-state index in [4.69, 9.17) is 0 Å². The Balaban J connectivity index is 0.00000128. The average Bonchev–Trinajstić information content (AvgIpc) is 2.65. The smallest absolute Gasteiger partial charge is 0.245 e. The van der Waals surface area contributed by atoms with Crippen molar-refractivity contribution < 1.29 is 9.59 Å². The molecule has 2 rings (SSSR count). The largest absolute Gasteiger partial charge is 0.344 e. The van der Waals surface area contributed by atoms with E-state index in [9.17, 15) is 9.59 Å². The summed E-state index contributed by atoms with van der Waals surface area (Å²) >= 11 is 0. The van der Waals surface area contributed by atoms with Crippen LogP contribution in [0, 0.1) is 0 Å². The maximum atomic E-state index is 12.0. The Morgan fingerprint density at radius 2 is 2.25 bits per heavy atom. The maximum absolute atomic E-state index is 12.0. The zero-order chi connectivity index (χ0) is 10.8. The van der Waals surface area contributed by atoms with Crippen molar-refractivity contribution in [2.75, 3.05) is 19.6 Å². The number of rotatable bonds is 1. The van der Waals surface area contributed by atoms with E-state index in [2.05, 4.69) is 10.6 Å². The zero-order valence-electron chi connectivity index (χ0n) is 9.36. The highest BCUT2D eigenvalue weighted by atomic mass is 35.5. The van der Waals surface area contributed by atoms with Crippen molar-refractivity contribution in [1.29, 1.82) is 0 Å². The molecule has 2 aliphatic heterocycles. The van der Waals surface area contributed by atoms with Gasteiger partial charge in [-0.1, -0.05) is 0 Å². The summed E-state index contributed by atoms with van der Waals surface area (Å²) in [5, 5.41) is 5.96. The molecule has 2 amide bonds. The summed E-state index contributed by atoms with van der Waals surface area (Å²) in [7, 11) is 0. The van der Waals surface area contributed by atoms with Crippen LogP contribution in [0.1, 0.15) is 19.8 Å². The molecule has 0 aromatic rings. The van der Waals surface area contributed by atoms with Crippen LogP contribution in [-0.2, 0) is 9.59 Å². The summed E-state index contributed by atoms with van der Waals surface area (Å²) < 4.78 is 0. The minimum absolute atomic E-state index is 0. The molecule has 0 aromatic carbocycles. The van der Waals surface area contributed by atoms with Crippen molar-refractivity contribution in [3.63, 3.8) is 0 Å². The molecule has 92 valence electrons. The van der Waals surface area contributed by atoms with Crippen LogP contribution < -0.4 is 10.6 Å². The Morgan fingerprint density at radius 3 is 2.81 bits per heavy atom. The number of amides is 2. The van der Waals surface area contributed by atoms with Gasteiger partial charge in [0.2, 0.25) is 11.8 Å². The minimum atomic E-state index is -0.280. The summed E-state index contributed by atoms with van der Waals surface area (Å²) in [6, 6.07) is -0.0539. The average molecular weight is 248 g/mol. The Labute approximate surface area is 101 Å². The third-order valence-corrected chi connectivity index (χ3v) is 3.08. The van der Waals surface area contributed by atoms with Gasteiger partial charge in [-0.05, 0) is 13.3 Å². The monoisotopic (exact) mass is 247 g/mol. The number of carbonyl (C=O) groups excluding carboxylic acids is 2. The number of carbonyl (C=O) groups is 2. The maximum Gasteiger partial charge on any atom is 0.245 e. The summed E-state index contributed by atoms with van der Waals surface area (Å²) in [5.41, 5.74) is 0. The molecule has 0 spiro atoms. The molecule has 0 bridgehead atoms. The summed E-state index contributed by atoms with van der Waals surface area (Å²) in [4.78, 5) is 24.9. The lowest BCUT2D eigenvalue weighted by Crippen LogP contribution is -2.56. The molecule has 16 heavy (non-hydrogen) atoms. The third kappa shape index (κ3) is 2.65. The lowest BCUT2D eigenvalue weighted by atomic mass is 10.1. The highest BCUT2D eigenvalue weighted by Gasteiger charge is 2.33. The van der Waals surface area contributed by atoms with Crippen LogP contribution >= 0.6 is 12.4 Å². The molecule has 2 atom stereocenters. The summed E-state index contributed by atoms with van der Waals surface area (Å²) in [6.45, 7) is 4.45. The van der Waals surface area contributed by atoms with E-state index < -0.39 is 0 Å². The molecule has 0 unspecified atom stereocenters. The van der Waals surface area contributed by atoms with Crippen molar-refractivity contribution >= 4 is 24.2 Å². The highest BCUT2D eigenvalue weighted by Crippen LogP contribution is 2.12. The highest BCUT2D eigenvalue weighted by molar-refractivity contribution is 5.91. The zero-order valence-corrected chi connectivity index (χ0v) is 10.2. The van der Waals surface area contributed by atoms with Gasteiger partial charge in [0, 0.05) is 32.1 Å². The van der Waals surface area contributed by atoms with E-state index in [1.54, 1.807) is 0 Å². The van der Waals surface area contributed by atoms with E-state index >= 15 is 0 Å². The number of nitrogens with zero attached hydrogens (tertiary/aromatic N) is 1. The van der Waals surface area contributed by atoms with Gasteiger partial charge in [0.05, 0.1) is 0 Å². The minimum Gasteiger partial charge on any atom is -0.344 e. The second-order valence-electron chi connectivity index (χ2n) is 4.24. The molecular weight excluding hydrogens is 230 g/mol. The van der Waals surface area contributed by atoms with Crippen molar-refractivity contribution in [3.05, 3.63) is 0 Å². The second kappa shape index (κ2) is 5.50. The second-order valence-corrected chi connectivity index (χ2v) is 4.24. The fourth-order valence-corrected chi connectivity index (χ4v) is 2.17. The molecule has 2 saturated heterocycles. The van der Waals surface area contributed by atoms with Gasteiger partial charge < -0.3 is 15.5 Å². The van der Waals surface area contributed by atoms with E-state index in [1.165, 1.54) is 0 Å². The van der Waals surface area contributed by atoms with Gasteiger partial charge in [-0.25, -0.2) is 0 Å². The molecule has 2 fully saturated rings. The number of hydrogen-bond donors (Lipinski definition) is 2. The van der Waals surface area contributed by atoms with Gasteiger partial charge in [-0.2, -0.15) is 0 Å². The first-order chi connectivity index (χ1) is 7.18. The molecular formula is C10H18ClN3O2. The molecule has 6 heteroatoms. The predicted octanol–water partition coefficient (Wildman–Crippen LogP) is -0.493. The SMILES string of the molecule is C[C@H]1CNCCN1C(=O)[C@@H]1CCC(=O)N1.Cl. The van der Waals surface area contributed by atoms with Crippen LogP contribution in [0.15, 0.2) is 0 Å². The van der Waals surface area contributed by atoms with Crippen LogP contribution in [0.25, 0.3) is 0 Å². The van der Waals surface area contributed by atoms with E-state index in [1.807, 2.05) is 11.8 Å². The van der Waals surface area contributed by atoms with Gasteiger partial charge >= 0.3 is 0 Å². The Hall–Kier alpha value is -0.810. The van der Waals surface area contributed by atoms with E-state index in [0.717, 1.165) is 19.6 Å². The van der Waals surface area contributed by atoms with Crippen LogP contribution in [0.5, 0.6) is 0 Å². The summed E-state index contributed by atoms with van der Waals surface area (Å²) in [5.74, 6) is 0.0750. The van der Waals surface area contributed by atoms with E-state index in [-0.39, 0.29) is 36.3 Å². The first-order valence-corrected chi connectivity index (χ1v) is 5.49. The normalized spacial score (nSPS) is 29.6. The van der Waals surface area contributed by atoms with E-state index in [0.29, 0.717) is 12.8 Å². The van der Waals surface area contributed by atoms with Gasteiger partial charge in [0.25, 0.3) is 0 Å². The molecule has 0 aliphatic carbocycles. The lowest BCUT2D eigenvalue weighted by Gasteiger charge is -2.35. The number of piperazine rings is 1. The quantitative estimate of drug-likeness (QED) is 0.657. The van der Waals surface area contributed by atoms with Crippen molar-refractivity contribution in [3.8, 4) is 0 Å². The Bertz CT molecular complexity index is 285. The number of nitrogens with one attached hydrogen (secondary N) is 2. The van der Waals surface area contributed by atoms with Crippen LogP contribution in [0.3, 0.4) is 0 Å². The Kier molecular flexibility index (Phi) is 4.56. The molecule has 2 aliphatic rings. The lowest BCUT2D eigenvalue weighted by molar-refractivity contribution is -0.137. The van der Waals surface area contributed by atoms with Crippen molar-refractivity contribution in [2.45, 2.75) is 31.8 Å². The van der Waals surface area contributed by atoms with Crippen LogP contribution in [-0.4, -0.2) is 48.4 Å². The first kappa shape index (κ1) is 13.3. The third-order valence-electron chi connectivity index (χ3n) is 3.08. The molecule has 2 N–H and O–H groups in total. The summed E-state index contributed by atoms with van der Waals surface area (Å²) in [6.07, 6.45) is 1.13. The van der Waals surface area contributed by atoms with Crippen LogP contribution in [0.2, 0.25) is 0 Å². The predicted molar refractivity (Wildman–Crippen MR) is 62.5 cm³/mol. The number of hydrogen-bond acceptors (Lipinski definition) is 3. The fourth-order valence-electron chi connectivity index (χ4n) is 2.17. The van der Waals surface area contributed by atoms with Gasteiger partial charge in [0.15, 0.2) is 0 Å². The van der Waals surface area contributed by atoms with Crippen LogP contribution in [0.4, 0.5) is 0 Å². The van der Waals surface area contributed by atoms with Gasteiger partial charge in [-0.15, -0.1) is 12.4 Å². The number of halogens is 1. The van der Waals surface area contributed by atoms with Gasteiger partial charge in [0.1, 0.15) is 6.04 Å². The standard InChI is InChI=1S/C10H17N3O2.ClH/c1-7-6-11-4-5-13(7)10(15)8-2-3-9(14)12-8;/h7-8,11H,2-6H2,1H3,(H,12,14);1H/t7-,8-;/m0./s1. The first-order valence-electron chi connectivity index (χ1n) is 5.49. The molecule has 0 aromatic heterocycles. The molecule has 2 heterocycles. The van der Waals surface area contributed by atoms with Gasteiger partial charge in [-0.3, -0.25) is 9.59 Å².